The second-order valence-electron chi connectivity index (χ2n) is 6.28. The van der Waals surface area contributed by atoms with Crippen LogP contribution in [0.15, 0.2) is 67.3 Å². The number of amides is 2. The van der Waals surface area contributed by atoms with Crippen molar-refractivity contribution in [2.75, 3.05) is 17.3 Å². The van der Waals surface area contributed by atoms with Crippen molar-refractivity contribution in [1.29, 1.82) is 0 Å². The highest BCUT2D eigenvalue weighted by molar-refractivity contribution is 6.08. The lowest BCUT2D eigenvalue weighted by Crippen LogP contribution is -2.15. The average molecular weight is 387 g/mol. The van der Waals surface area contributed by atoms with Crippen LogP contribution in [-0.4, -0.2) is 38.4 Å². The number of anilines is 3. The number of nitrogens with one attached hydrogen (secondary N) is 1. The molecule has 0 radical (unpaired) electrons. The molecule has 1 aromatic carbocycles. The van der Waals surface area contributed by atoms with Crippen LogP contribution in [0.1, 0.15) is 20.7 Å². The molecule has 0 saturated carbocycles. The van der Waals surface area contributed by atoms with Gasteiger partial charge in [-0.3, -0.25) is 14.6 Å². The Hall–Kier alpha value is -4.27. The van der Waals surface area contributed by atoms with Crippen LogP contribution in [0.2, 0.25) is 0 Å². The molecule has 2 amide bonds. The van der Waals surface area contributed by atoms with E-state index in [9.17, 15) is 9.59 Å². The first-order valence-corrected chi connectivity index (χ1v) is 8.72. The molecule has 0 aliphatic rings. The van der Waals surface area contributed by atoms with E-state index in [0.717, 1.165) is 5.69 Å². The molecule has 0 spiro atoms. The lowest BCUT2D eigenvalue weighted by atomic mass is 10.2. The SMILES string of the molecule is CN(c1cccnc1)c1ccn2ncc(C(=O)Nc3cccc(C(N)=O)c3)c2n1. The standard InChI is InChI=1S/C20H17N7O2/c1-26(15-6-3-8-22-11-15)17-7-9-27-19(25-17)16(12-23-27)20(29)24-14-5-2-4-13(10-14)18(21)28/h2-12H,1H3,(H2,21,28)(H,24,29). The van der Waals surface area contributed by atoms with Crippen molar-refractivity contribution in [2.45, 2.75) is 0 Å². The van der Waals surface area contributed by atoms with E-state index in [-0.39, 0.29) is 0 Å². The number of benzene rings is 1. The van der Waals surface area contributed by atoms with E-state index in [4.69, 9.17) is 5.73 Å². The number of pyridine rings is 1. The van der Waals surface area contributed by atoms with Crippen molar-refractivity contribution in [2.24, 2.45) is 5.73 Å². The number of fused-ring (bicyclic) bond motifs is 1. The third kappa shape index (κ3) is 3.61. The smallest absolute Gasteiger partial charge is 0.261 e. The van der Waals surface area contributed by atoms with Gasteiger partial charge in [0, 0.05) is 30.7 Å². The summed E-state index contributed by atoms with van der Waals surface area (Å²) in [6.45, 7) is 0. The number of hydrogen-bond acceptors (Lipinski definition) is 6. The minimum atomic E-state index is -0.568. The van der Waals surface area contributed by atoms with Gasteiger partial charge in [-0.1, -0.05) is 6.07 Å². The van der Waals surface area contributed by atoms with Gasteiger partial charge < -0.3 is 16.0 Å². The topological polar surface area (TPSA) is 119 Å². The fourth-order valence-electron chi connectivity index (χ4n) is 2.84. The zero-order valence-corrected chi connectivity index (χ0v) is 15.5. The van der Waals surface area contributed by atoms with Gasteiger partial charge in [0.1, 0.15) is 11.4 Å². The Balaban J connectivity index is 1.65. The number of carbonyl (C=O) groups excluding carboxylic acids is 2. The average Bonchev–Trinajstić information content (AvgIpc) is 3.17. The molecular weight excluding hydrogens is 370 g/mol. The van der Waals surface area contributed by atoms with E-state index >= 15 is 0 Å². The summed E-state index contributed by atoms with van der Waals surface area (Å²) in [6, 6.07) is 12.0. The van der Waals surface area contributed by atoms with Crippen LogP contribution in [0.3, 0.4) is 0 Å². The van der Waals surface area contributed by atoms with E-state index in [2.05, 4.69) is 20.4 Å². The molecule has 0 aliphatic heterocycles. The van der Waals surface area contributed by atoms with E-state index in [1.54, 1.807) is 42.9 Å². The molecule has 4 rings (SSSR count). The quantitative estimate of drug-likeness (QED) is 0.542. The van der Waals surface area contributed by atoms with Crippen molar-refractivity contribution >= 4 is 34.7 Å². The minimum Gasteiger partial charge on any atom is -0.366 e. The van der Waals surface area contributed by atoms with Crippen LogP contribution in [0.25, 0.3) is 5.65 Å². The van der Waals surface area contributed by atoms with E-state index in [1.165, 1.54) is 16.8 Å². The van der Waals surface area contributed by atoms with Crippen LogP contribution < -0.4 is 16.0 Å². The van der Waals surface area contributed by atoms with Crippen LogP contribution in [0.4, 0.5) is 17.2 Å². The van der Waals surface area contributed by atoms with Crippen molar-refractivity contribution in [3.63, 3.8) is 0 Å². The van der Waals surface area contributed by atoms with Crippen LogP contribution >= 0.6 is 0 Å². The molecule has 3 aromatic heterocycles. The summed E-state index contributed by atoms with van der Waals surface area (Å²) in [4.78, 5) is 34.7. The lowest BCUT2D eigenvalue weighted by Gasteiger charge is -2.17. The maximum absolute atomic E-state index is 12.8. The van der Waals surface area contributed by atoms with Gasteiger partial charge in [-0.25, -0.2) is 9.50 Å². The van der Waals surface area contributed by atoms with Gasteiger partial charge in [0.15, 0.2) is 5.65 Å². The second kappa shape index (κ2) is 7.39. The molecule has 9 nitrogen and oxygen atoms in total. The molecule has 9 heteroatoms. The van der Waals surface area contributed by atoms with Gasteiger partial charge in [0.2, 0.25) is 5.91 Å². The fourth-order valence-corrected chi connectivity index (χ4v) is 2.84. The number of nitrogens with two attached hydrogens (primary N) is 1. The van der Waals surface area contributed by atoms with Crippen molar-refractivity contribution < 1.29 is 9.59 Å². The number of nitrogens with zero attached hydrogens (tertiary/aromatic N) is 5. The summed E-state index contributed by atoms with van der Waals surface area (Å²) >= 11 is 0. The minimum absolute atomic E-state index is 0.302. The first-order chi connectivity index (χ1) is 14.0. The number of carbonyl (C=O) groups is 2. The number of hydrogen-bond donors (Lipinski definition) is 2. The van der Waals surface area contributed by atoms with Gasteiger partial charge in [0.05, 0.1) is 18.1 Å². The summed E-state index contributed by atoms with van der Waals surface area (Å²) < 4.78 is 1.52. The molecule has 144 valence electrons. The maximum atomic E-state index is 12.8. The highest BCUT2D eigenvalue weighted by Gasteiger charge is 2.16. The Morgan fingerprint density at radius 3 is 2.76 bits per heavy atom. The Bertz CT molecular complexity index is 1200. The second-order valence-corrected chi connectivity index (χ2v) is 6.28. The Kier molecular flexibility index (Phi) is 4.62. The molecule has 0 aliphatic carbocycles. The third-order valence-corrected chi connectivity index (χ3v) is 4.38. The normalized spacial score (nSPS) is 10.7. The third-order valence-electron chi connectivity index (χ3n) is 4.38. The largest absolute Gasteiger partial charge is 0.366 e. The van der Waals surface area contributed by atoms with E-state index in [0.29, 0.717) is 28.3 Å². The van der Waals surface area contributed by atoms with Crippen molar-refractivity contribution in [3.8, 4) is 0 Å². The number of primary amides is 1. The number of rotatable bonds is 5. The fraction of sp³-hybridized carbons (Fsp3) is 0.0500. The molecule has 29 heavy (non-hydrogen) atoms. The molecule has 0 bridgehead atoms. The molecule has 0 unspecified atom stereocenters. The predicted octanol–water partition coefficient (Wildman–Crippen LogP) is 2.24. The molecule has 0 atom stereocenters. The summed E-state index contributed by atoms with van der Waals surface area (Å²) in [6.07, 6.45) is 6.60. The highest BCUT2D eigenvalue weighted by atomic mass is 16.2. The van der Waals surface area contributed by atoms with E-state index in [1.807, 2.05) is 24.1 Å². The first kappa shape index (κ1) is 18.1. The van der Waals surface area contributed by atoms with Crippen LogP contribution in [0.5, 0.6) is 0 Å². The molecule has 0 saturated heterocycles. The zero-order valence-electron chi connectivity index (χ0n) is 15.5. The van der Waals surface area contributed by atoms with Gasteiger partial charge in [-0.2, -0.15) is 5.10 Å². The maximum Gasteiger partial charge on any atom is 0.261 e. The molecule has 0 fully saturated rings. The van der Waals surface area contributed by atoms with Crippen LogP contribution in [-0.2, 0) is 0 Å². The Morgan fingerprint density at radius 2 is 2.00 bits per heavy atom. The van der Waals surface area contributed by atoms with Crippen LogP contribution in [0, 0.1) is 0 Å². The summed E-state index contributed by atoms with van der Waals surface area (Å²) in [7, 11) is 1.86. The Labute approximate surface area is 165 Å². The molecule has 4 aromatic rings. The van der Waals surface area contributed by atoms with Gasteiger partial charge in [-0.15, -0.1) is 0 Å². The summed E-state index contributed by atoms with van der Waals surface area (Å²) in [5.74, 6) is -0.326. The zero-order chi connectivity index (χ0) is 20.4. The summed E-state index contributed by atoms with van der Waals surface area (Å²) in [5.41, 5.74) is 7.62. The molecule has 3 heterocycles. The monoisotopic (exact) mass is 387 g/mol. The van der Waals surface area contributed by atoms with Crippen molar-refractivity contribution in [3.05, 3.63) is 78.4 Å². The van der Waals surface area contributed by atoms with Crippen molar-refractivity contribution in [1.82, 2.24) is 19.6 Å². The van der Waals surface area contributed by atoms with Gasteiger partial charge >= 0.3 is 0 Å². The predicted molar refractivity (Wildman–Crippen MR) is 108 cm³/mol. The highest BCUT2D eigenvalue weighted by Crippen LogP contribution is 2.22. The summed E-state index contributed by atoms with van der Waals surface area (Å²) in [5, 5.41) is 6.94. The van der Waals surface area contributed by atoms with Gasteiger partial charge in [-0.05, 0) is 36.4 Å². The van der Waals surface area contributed by atoms with E-state index < -0.39 is 11.8 Å². The molecule has 3 N–H and O–H groups in total. The van der Waals surface area contributed by atoms with Gasteiger partial charge in [0.25, 0.3) is 5.91 Å². The first-order valence-electron chi connectivity index (χ1n) is 8.72. The molecular formula is C20H17N7O2. The number of aromatic nitrogens is 4. The Morgan fingerprint density at radius 1 is 1.14 bits per heavy atom. The lowest BCUT2D eigenvalue weighted by molar-refractivity contribution is 0.0996.